The number of hydrogen-bond donors (Lipinski definition) is 1. The first kappa shape index (κ1) is 20.0. The van der Waals surface area contributed by atoms with Crippen molar-refractivity contribution in [2.24, 2.45) is 0 Å². The summed E-state index contributed by atoms with van der Waals surface area (Å²) < 4.78 is 11.2. The summed E-state index contributed by atoms with van der Waals surface area (Å²) >= 11 is 0. The predicted octanol–water partition coefficient (Wildman–Crippen LogP) is 2.83. The number of aromatic nitrogens is 1. The van der Waals surface area contributed by atoms with E-state index in [-0.39, 0.29) is 11.1 Å². The van der Waals surface area contributed by atoms with Crippen LogP contribution in [-0.4, -0.2) is 57.1 Å². The van der Waals surface area contributed by atoms with Crippen LogP contribution in [0.3, 0.4) is 0 Å². The molecule has 0 unspecified atom stereocenters. The van der Waals surface area contributed by atoms with Crippen LogP contribution in [0.2, 0.25) is 0 Å². The lowest BCUT2D eigenvalue weighted by atomic mass is 9.89. The fourth-order valence-electron chi connectivity index (χ4n) is 4.75. The lowest BCUT2D eigenvalue weighted by Gasteiger charge is -2.40. The van der Waals surface area contributed by atoms with Crippen molar-refractivity contribution in [1.29, 1.82) is 0 Å². The van der Waals surface area contributed by atoms with Crippen LogP contribution in [0.5, 0.6) is 0 Å². The maximum atomic E-state index is 12.5. The highest BCUT2D eigenvalue weighted by molar-refractivity contribution is 5.57. The molecular weight excluding hydrogens is 366 g/mol. The Morgan fingerprint density at radius 1 is 1.14 bits per heavy atom. The van der Waals surface area contributed by atoms with Gasteiger partial charge in [-0.3, -0.25) is 4.79 Å². The summed E-state index contributed by atoms with van der Waals surface area (Å²) in [6.07, 6.45) is 4.15. The number of benzene rings is 1. The van der Waals surface area contributed by atoms with Gasteiger partial charge in [0, 0.05) is 44.6 Å². The van der Waals surface area contributed by atoms with E-state index in [0.717, 1.165) is 56.8 Å². The molecule has 2 aliphatic rings. The first-order chi connectivity index (χ1) is 14.2. The number of morpholine rings is 1. The average Bonchev–Trinajstić information content (AvgIpc) is 3.17. The summed E-state index contributed by atoms with van der Waals surface area (Å²) in [6.45, 7) is 4.64. The SMILES string of the molecule is COC[C@@]1(CCc2ccccc2)CCCN1c1cc(N2CCOCC2)cc(=O)[nH]1. The van der Waals surface area contributed by atoms with E-state index in [0.29, 0.717) is 19.8 Å². The Morgan fingerprint density at radius 2 is 1.93 bits per heavy atom. The third kappa shape index (κ3) is 4.49. The zero-order valence-corrected chi connectivity index (χ0v) is 17.2. The van der Waals surface area contributed by atoms with E-state index in [1.807, 2.05) is 0 Å². The number of methoxy groups -OCH3 is 1. The number of nitrogens with zero attached hydrogens (tertiary/aromatic N) is 2. The van der Waals surface area contributed by atoms with Gasteiger partial charge in [-0.2, -0.15) is 0 Å². The highest BCUT2D eigenvalue weighted by Gasteiger charge is 2.41. The number of pyridine rings is 1. The fraction of sp³-hybridized carbons (Fsp3) is 0.522. The van der Waals surface area contributed by atoms with Gasteiger partial charge in [-0.15, -0.1) is 0 Å². The fourth-order valence-corrected chi connectivity index (χ4v) is 4.75. The van der Waals surface area contributed by atoms with Gasteiger partial charge in [-0.05, 0) is 31.2 Å². The predicted molar refractivity (Wildman–Crippen MR) is 116 cm³/mol. The van der Waals surface area contributed by atoms with Crippen LogP contribution < -0.4 is 15.4 Å². The molecule has 4 rings (SSSR count). The Morgan fingerprint density at radius 3 is 2.69 bits per heavy atom. The number of ether oxygens (including phenoxy) is 2. The molecule has 1 aromatic heterocycles. The van der Waals surface area contributed by atoms with Crippen LogP contribution >= 0.6 is 0 Å². The Hall–Kier alpha value is -2.31. The van der Waals surface area contributed by atoms with Crippen molar-refractivity contribution >= 4 is 11.5 Å². The van der Waals surface area contributed by atoms with Gasteiger partial charge in [0.1, 0.15) is 5.82 Å². The first-order valence-corrected chi connectivity index (χ1v) is 10.6. The summed E-state index contributed by atoms with van der Waals surface area (Å²) in [6, 6.07) is 14.4. The molecule has 2 aromatic rings. The molecule has 3 heterocycles. The average molecular weight is 398 g/mol. The molecule has 2 fully saturated rings. The highest BCUT2D eigenvalue weighted by atomic mass is 16.5. The molecule has 6 heteroatoms. The summed E-state index contributed by atoms with van der Waals surface area (Å²) in [4.78, 5) is 20.2. The Bertz CT molecular complexity index is 848. The van der Waals surface area contributed by atoms with Gasteiger partial charge in [0.2, 0.25) is 0 Å². The molecule has 0 radical (unpaired) electrons. The molecule has 0 bridgehead atoms. The Kier molecular flexibility index (Phi) is 6.21. The molecule has 1 aromatic carbocycles. The maximum Gasteiger partial charge on any atom is 0.251 e. The van der Waals surface area contributed by atoms with Gasteiger partial charge in [-0.25, -0.2) is 0 Å². The zero-order chi connectivity index (χ0) is 20.1. The second-order valence-corrected chi connectivity index (χ2v) is 8.09. The molecule has 0 aliphatic carbocycles. The minimum Gasteiger partial charge on any atom is -0.382 e. The number of anilines is 2. The molecule has 0 amide bonds. The third-order valence-electron chi connectivity index (χ3n) is 6.21. The smallest absolute Gasteiger partial charge is 0.251 e. The highest BCUT2D eigenvalue weighted by Crippen LogP contribution is 2.37. The number of nitrogens with one attached hydrogen (secondary N) is 1. The summed E-state index contributed by atoms with van der Waals surface area (Å²) in [5.41, 5.74) is 2.17. The molecule has 0 saturated carbocycles. The van der Waals surface area contributed by atoms with Gasteiger partial charge in [0.15, 0.2) is 0 Å². The van der Waals surface area contributed by atoms with Crippen molar-refractivity contribution in [3.8, 4) is 0 Å². The topological polar surface area (TPSA) is 57.8 Å². The van der Waals surface area contributed by atoms with Gasteiger partial charge >= 0.3 is 0 Å². The zero-order valence-electron chi connectivity index (χ0n) is 17.2. The maximum absolute atomic E-state index is 12.5. The van der Waals surface area contributed by atoms with E-state index in [4.69, 9.17) is 9.47 Å². The van der Waals surface area contributed by atoms with Crippen LogP contribution in [0.15, 0.2) is 47.3 Å². The van der Waals surface area contributed by atoms with E-state index in [9.17, 15) is 4.79 Å². The van der Waals surface area contributed by atoms with E-state index >= 15 is 0 Å². The molecule has 2 saturated heterocycles. The van der Waals surface area contributed by atoms with Crippen molar-refractivity contribution < 1.29 is 9.47 Å². The van der Waals surface area contributed by atoms with E-state index in [2.05, 4.69) is 51.2 Å². The molecule has 6 nitrogen and oxygen atoms in total. The second kappa shape index (κ2) is 9.01. The molecule has 1 atom stereocenters. The second-order valence-electron chi connectivity index (χ2n) is 8.09. The standard InChI is InChI=1S/C23H31N3O3/c1-28-18-23(10-8-19-6-3-2-4-7-19)9-5-11-26(23)21-16-20(17-22(27)24-21)25-12-14-29-15-13-25/h2-4,6-7,16-17H,5,8-15,18H2,1H3,(H,24,27)/t23-/m0/s1. The minimum absolute atomic E-state index is 0.0507. The Labute approximate surface area is 172 Å². The largest absolute Gasteiger partial charge is 0.382 e. The van der Waals surface area contributed by atoms with Gasteiger partial charge in [-0.1, -0.05) is 30.3 Å². The molecule has 0 spiro atoms. The quantitative estimate of drug-likeness (QED) is 0.779. The van der Waals surface area contributed by atoms with E-state index in [1.165, 1.54) is 5.56 Å². The Balaban J connectivity index is 1.61. The van der Waals surface area contributed by atoms with Crippen molar-refractivity contribution in [2.45, 2.75) is 31.2 Å². The molecule has 29 heavy (non-hydrogen) atoms. The van der Waals surface area contributed by atoms with Gasteiger partial charge in [0.25, 0.3) is 5.56 Å². The molecule has 156 valence electrons. The van der Waals surface area contributed by atoms with Crippen LogP contribution in [-0.2, 0) is 15.9 Å². The van der Waals surface area contributed by atoms with Crippen molar-refractivity contribution in [3.63, 3.8) is 0 Å². The van der Waals surface area contributed by atoms with Crippen molar-refractivity contribution in [1.82, 2.24) is 4.98 Å². The summed E-state index contributed by atoms with van der Waals surface area (Å²) in [5, 5.41) is 0. The van der Waals surface area contributed by atoms with Crippen LogP contribution in [0, 0.1) is 0 Å². The summed E-state index contributed by atoms with van der Waals surface area (Å²) in [5.74, 6) is 0.904. The van der Waals surface area contributed by atoms with E-state index < -0.39 is 0 Å². The van der Waals surface area contributed by atoms with Crippen molar-refractivity contribution in [3.05, 3.63) is 58.4 Å². The number of rotatable bonds is 7. The van der Waals surface area contributed by atoms with Crippen LogP contribution in [0.4, 0.5) is 11.5 Å². The molecule has 2 aliphatic heterocycles. The normalized spacial score (nSPS) is 22.2. The summed E-state index contributed by atoms with van der Waals surface area (Å²) in [7, 11) is 1.77. The number of hydrogen-bond acceptors (Lipinski definition) is 5. The number of H-pyrrole nitrogens is 1. The van der Waals surface area contributed by atoms with Gasteiger partial charge in [0.05, 0.1) is 25.4 Å². The number of aromatic amines is 1. The van der Waals surface area contributed by atoms with Gasteiger partial charge < -0.3 is 24.3 Å². The first-order valence-electron chi connectivity index (χ1n) is 10.6. The monoisotopic (exact) mass is 397 g/mol. The lowest BCUT2D eigenvalue weighted by molar-refractivity contribution is 0.122. The molecular formula is C23H31N3O3. The molecule has 1 N–H and O–H groups in total. The van der Waals surface area contributed by atoms with E-state index in [1.54, 1.807) is 13.2 Å². The van der Waals surface area contributed by atoms with Crippen molar-refractivity contribution in [2.75, 3.05) is 56.4 Å². The van der Waals surface area contributed by atoms with Crippen LogP contribution in [0.25, 0.3) is 0 Å². The lowest BCUT2D eigenvalue weighted by Crippen LogP contribution is -2.49. The number of aryl methyl sites for hydroxylation is 1. The minimum atomic E-state index is -0.100. The van der Waals surface area contributed by atoms with Crippen LogP contribution in [0.1, 0.15) is 24.8 Å². The third-order valence-corrected chi connectivity index (χ3v) is 6.21.